The molecule has 2 aromatic rings. The van der Waals surface area contributed by atoms with Crippen molar-refractivity contribution in [1.82, 2.24) is 9.88 Å². The number of aromatic nitrogens is 1. The van der Waals surface area contributed by atoms with Gasteiger partial charge in [-0.2, -0.15) is 0 Å². The summed E-state index contributed by atoms with van der Waals surface area (Å²) in [5.74, 6) is -0.120. The van der Waals surface area contributed by atoms with E-state index in [1.807, 2.05) is 57.2 Å². The molecule has 0 saturated heterocycles. The molecule has 1 amide bonds. The molecule has 1 N–H and O–H groups in total. The summed E-state index contributed by atoms with van der Waals surface area (Å²) in [6.45, 7) is 9.72. The van der Waals surface area contributed by atoms with Crippen LogP contribution in [0.25, 0.3) is 0 Å². The van der Waals surface area contributed by atoms with Crippen molar-refractivity contribution in [2.75, 3.05) is 25.6 Å². The van der Waals surface area contributed by atoms with Gasteiger partial charge in [0.2, 0.25) is 0 Å². The third-order valence-corrected chi connectivity index (χ3v) is 3.56. The van der Waals surface area contributed by atoms with Gasteiger partial charge in [-0.15, -0.1) is 11.3 Å². The summed E-state index contributed by atoms with van der Waals surface area (Å²) in [5.41, 5.74) is 1.79. The van der Waals surface area contributed by atoms with Gasteiger partial charge in [0.15, 0.2) is 5.13 Å². The highest BCUT2D eigenvalue weighted by Gasteiger charge is 2.06. The first-order valence-corrected chi connectivity index (χ1v) is 8.96. The minimum absolute atomic E-state index is 0. The van der Waals surface area contributed by atoms with Crippen LogP contribution < -0.4 is 5.32 Å². The summed E-state index contributed by atoms with van der Waals surface area (Å²) >= 11 is 1.41. The van der Waals surface area contributed by atoms with Gasteiger partial charge >= 0.3 is 0 Å². The highest BCUT2D eigenvalue weighted by atomic mass is 32.1. The molecule has 1 aromatic heterocycles. The first-order chi connectivity index (χ1) is 12.1. The van der Waals surface area contributed by atoms with Gasteiger partial charge in [-0.1, -0.05) is 38.5 Å². The molecule has 0 radical (unpaired) electrons. The van der Waals surface area contributed by atoms with Crippen molar-refractivity contribution in [3.8, 4) is 0 Å². The number of anilines is 1. The Morgan fingerprint density at radius 2 is 2.00 bits per heavy atom. The summed E-state index contributed by atoms with van der Waals surface area (Å²) in [7, 11) is 1.88. The minimum Gasteiger partial charge on any atom is -0.452 e. The number of carbonyl (C=O) groups excluding carboxylic acids is 2. The predicted octanol–water partition coefficient (Wildman–Crippen LogP) is 4.04. The first kappa shape index (κ1) is 22.8. The molecular formula is C18H29N3O3S. The van der Waals surface area contributed by atoms with E-state index in [4.69, 9.17) is 0 Å². The second kappa shape index (κ2) is 14.1. The van der Waals surface area contributed by atoms with E-state index in [0.717, 1.165) is 12.1 Å². The zero-order chi connectivity index (χ0) is 19.1. The van der Waals surface area contributed by atoms with Crippen molar-refractivity contribution in [3.63, 3.8) is 0 Å². The molecule has 1 aromatic carbocycles. The van der Waals surface area contributed by atoms with Crippen LogP contribution in [-0.4, -0.2) is 42.6 Å². The quantitative estimate of drug-likeness (QED) is 0.616. The SMILES string of the molecule is CC.CCN(C)COC=O.Cc1ccc(C(=O)Nc2nccs2)cc1.[HH]. The number of nitrogens with one attached hydrogen (secondary N) is 1. The lowest BCUT2D eigenvalue weighted by atomic mass is 10.1. The molecule has 0 spiro atoms. The summed E-state index contributed by atoms with van der Waals surface area (Å²) in [6, 6.07) is 7.43. The Morgan fingerprint density at radius 3 is 2.48 bits per heavy atom. The van der Waals surface area contributed by atoms with Gasteiger partial charge in [0.05, 0.1) is 0 Å². The second-order valence-electron chi connectivity index (χ2n) is 4.72. The number of benzene rings is 1. The van der Waals surface area contributed by atoms with E-state index in [2.05, 4.69) is 15.0 Å². The van der Waals surface area contributed by atoms with Crippen molar-refractivity contribution in [3.05, 3.63) is 47.0 Å². The Morgan fingerprint density at radius 1 is 1.36 bits per heavy atom. The van der Waals surface area contributed by atoms with Crippen molar-refractivity contribution < 1.29 is 15.8 Å². The van der Waals surface area contributed by atoms with Gasteiger partial charge in [0.25, 0.3) is 12.4 Å². The van der Waals surface area contributed by atoms with Gasteiger partial charge in [0.1, 0.15) is 6.73 Å². The fourth-order valence-electron chi connectivity index (χ4n) is 1.41. The molecular weight excluding hydrogens is 338 g/mol. The van der Waals surface area contributed by atoms with Crippen LogP contribution in [-0.2, 0) is 9.53 Å². The fourth-order valence-corrected chi connectivity index (χ4v) is 1.93. The lowest BCUT2D eigenvalue weighted by Gasteiger charge is -2.10. The van der Waals surface area contributed by atoms with E-state index in [1.165, 1.54) is 11.3 Å². The van der Waals surface area contributed by atoms with Gasteiger partial charge in [0, 0.05) is 18.6 Å². The summed E-state index contributed by atoms with van der Waals surface area (Å²) in [4.78, 5) is 27.1. The molecule has 140 valence electrons. The fraction of sp³-hybridized carbons (Fsp3) is 0.389. The van der Waals surface area contributed by atoms with Crippen LogP contribution in [0.2, 0.25) is 0 Å². The van der Waals surface area contributed by atoms with Gasteiger partial charge in [-0.05, 0) is 32.6 Å². The van der Waals surface area contributed by atoms with Crippen LogP contribution in [0.15, 0.2) is 35.8 Å². The van der Waals surface area contributed by atoms with Crippen LogP contribution in [0.3, 0.4) is 0 Å². The van der Waals surface area contributed by atoms with Crippen molar-refractivity contribution in [2.24, 2.45) is 0 Å². The number of thiazole rings is 1. The second-order valence-corrected chi connectivity index (χ2v) is 5.62. The number of nitrogens with zero attached hydrogens (tertiary/aromatic N) is 2. The Labute approximate surface area is 155 Å². The highest BCUT2D eigenvalue weighted by Crippen LogP contribution is 2.12. The Kier molecular flexibility index (Phi) is 12.9. The van der Waals surface area contributed by atoms with E-state index in [-0.39, 0.29) is 7.33 Å². The minimum atomic E-state index is -0.120. The van der Waals surface area contributed by atoms with E-state index >= 15 is 0 Å². The molecule has 0 unspecified atom stereocenters. The monoisotopic (exact) mass is 367 g/mol. The van der Waals surface area contributed by atoms with E-state index in [0.29, 0.717) is 23.9 Å². The molecule has 0 aliphatic carbocycles. The third kappa shape index (κ3) is 10.3. The maximum atomic E-state index is 11.7. The first-order valence-electron chi connectivity index (χ1n) is 8.08. The molecule has 2 rings (SSSR count). The lowest BCUT2D eigenvalue weighted by molar-refractivity contribution is -0.132. The van der Waals surface area contributed by atoms with Crippen LogP contribution in [0, 0.1) is 6.92 Å². The summed E-state index contributed by atoms with van der Waals surface area (Å²) in [6.07, 6.45) is 1.66. The number of amides is 1. The Bertz CT molecular complexity index is 592. The number of hydrogen-bond acceptors (Lipinski definition) is 6. The maximum absolute atomic E-state index is 11.7. The molecule has 25 heavy (non-hydrogen) atoms. The highest BCUT2D eigenvalue weighted by molar-refractivity contribution is 7.13. The number of rotatable bonds is 6. The predicted molar refractivity (Wildman–Crippen MR) is 105 cm³/mol. The molecule has 0 atom stereocenters. The molecule has 6 nitrogen and oxygen atoms in total. The zero-order valence-electron chi connectivity index (χ0n) is 15.5. The van der Waals surface area contributed by atoms with Crippen LogP contribution in [0.4, 0.5) is 5.13 Å². The largest absolute Gasteiger partial charge is 0.452 e. The van der Waals surface area contributed by atoms with Crippen molar-refractivity contribution >= 4 is 28.8 Å². The number of hydrogen-bond donors (Lipinski definition) is 1. The van der Waals surface area contributed by atoms with Gasteiger partial charge in [-0.25, -0.2) is 4.98 Å². The molecule has 7 heteroatoms. The van der Waals surface area contributed by atoms with Crippen LogP contribution in [0.5, 0.6) is 0 Å². The topological polar surface area (TPSA) is 71.5 Å². The average Bonchev–Trinajstić information content (AvgIpc) is 3.15. The smallest absolute Gasteiger partial charge is 0.294 e. The maximum Gasteiger partial charge on any atom is 0.294 e. The van der Waals surface area contributed by atoms with Crippen LogP contribution in [0.1, 0.15) is 38.1 Å². The number of carbonyl (C=O) groups is 2. The summed E-state index contributed by atoms with van der Waals surface area (Å²) in [5, 5.41) is 5.18. The lowest BCUT2D eigenvalue weighted by Crippen LogP contribution is -2.20. The third-order valence-electron chi connectivity index (χ3n) is 2.87. The van der Waals surface area contributed by atoms with Gasteiger partial charge < -0.3 is 4.74 Å². The Balaban J connectivity index is 0. The normalized spacial score (nSPS) is 9.20. The van der Waals surface area contributed by atoms with Gasteiger partial charge in [-0.3, -0.25) is 19.8 Å². The van der Waals surface area contributed by atoms with E-state index in [9.17, 15) is 9.59 Å². The zero-order valence-corrected chi connectivity index (χ0v) is 16.3. The van der Waals surface area contributed by atoms with E-state index < -0.39 is 0 Å². The average molecular weight is 368 g/mol. The number of aryl methyl sites for hydroxylation is 1. The standard InChI is InChI=1S/C11H10N2OS.C5H11NO2.C2H6.H2/c1-8-2-4-9(5-3-8)10(14)13-11-12-6-7-15-11;1-3-6(2)4-8-5-7;1-2;/h2-7H,1H3,(H,12,13,14);5H,3-4H2,1-2H3;1-2H3;1H. The van der Waals surface area contributed by atoms with Crippen LogP contribution >= 0.6 is 11.3 Å². The molecule has 0 bridgehead atoms. The van der Waals surface area contributed by atoms with E-state index in [1.54, 1.807) is 18.3 Å². The van der Waals surface area contributed by atoms with Crippen molar-refractivity contribution in [2.45, 2.75) is 27.7 Å². The molecule has 0 aliphatic rings. The van der Waals surface area contributed by atoms with Crippen molar-refractivity contribution in [1.29, 1.82) is 0 Å². The molecule has 0 saturated carbocycles. The molecule has 0 fully saturated rings. The Hall–Kier alpha value is -2.25. The molecule has 1 heterocycles. The number of ether oxygens (including phenoxy) is 1. The summed E-state index contributed by atoms with van der Waals surface area (Å²) < 4.78 is 4.43. The molecule has 0 aliphatic heterocycles.